The lowest BCUT2D eigenvalue weighted by Gasteiger charge is -2.14. The normalized spacial score (nSPS) is 12.4. The van der Waals surface area contributed by atoms with Crippen molar-refractivity contribution in [1.82, 2.24) is 0 Å². The monoisotopic (exact) mass is 336 g/mol. The second-order valence-electron chi connectivity index (χ2n) is 7.92. The van der Waals surface area contributed by atoms with E-state index in [1.54, 1.807) is 0 Å². The highest BCUT2D eigenvalue weighted by Crippen LogP contribution is 2.21. The van der Waals surface area contributed by atoms with Crippen molar-refractivity contribution < 1.29 is 0 Å². The number of unbranched alkanes of at least 4 members (excludes halogenated alkanes) is 14. The Morgan fingerprint density at radius 2 is 0.917 bits per heavy atom. The highest BCUT2D eigenvalue weighted by molar-refractivity contribution is 4.73. The zero-order valence-electron chi connectivity index (χ0n) is 17.3. The maximum absolute atomic E-state index is 3.93. The minimum Gasteiger partial charge on any atom is -0.103 e. The smallest absolute Gasteiger partial charge is 0.0325 e. The van der Waals surface area contributed by atoms with Crippen LogP contribution in [0.5, 0.6) is 0 Å². The van der Waals surface area contributed by atoms with Crippen LogP contribution in [0, 0.1) is 5.92 Å². The Hall–Kier alpha value is -0.260. The fourth-order valence-electron chi connectivity index (χ4n) is 3.74. The van der Waals surface area contributed by atoms with Crippen LogP contribution in [0.15, 0.2) is 12.7 Å². The quantitative estimate of drug-likeness (QED) is 0.153. The van der Waals surface area contributed by atoms with Crippen molar-refractivity contribution >= 4 is 0 Å². The molecular weight excluding hydrogens is 288 g/mol. The number of allylic oxidation sites excluding steroid dienone is 1. The second-order valence-corrected chi connectivity index (χ2v) is 7.92. The molecule has 1 atom stereocenters. The van der Waals surface area contributed by atoms with Gasteiger partial charge < -0.3 is 0 Å². The molecule has 0 amide bonds. The summed E-state index contributed by atoms with van der Waals surface area (Å²) in [4.78, 5) is 0. The van der Waals surface area contributed by atoms with Crippen LogP contribution in [0.25, 0.3) is 0 Å². The molecule has 0 spiro atoms. The van der Waals surface area contributed by atoms with E-state index < -0.39 is 0 Å². The predicted molar refractivity (Wildman–Crippen MR) is 113 cm³/mol. The van der Waals surface area contributed by atoms with Crippen molar-refractivity contribution in [2.75, 3.05) is 0 Å². The Balaban J connectivity index is 3.22. The molecule has 0 N–H and O–H groups in total. The maximum Gasteiger partial charge on any atom is -0.0325 e. The van der Waals surface area contributed by atoms with Crippen LogP contribution in [0.3, 0.4) is 0 Å². The molecule has 1 unspecified atom stereocenters. The summed E-state index contributed by atoms with van der Waals surface area (Å²) >= 11 is 0. The molecule has 0 fully saturated rings. The average molecular weight is 337 g/mol. The van der Waals surface area contributed by atoms with Gasteiger partial charge >= 0.3 is 0 Å². The van der Waals surface area contributed by atoms with Gasteiger partial charge in [0.05, 0.1) is 0 Å². The molecular formula is C24H48. The number of hydrogen-bond donors (Lipinski definition) is 0. The summed E-state index contributed by atoms with van der Waals surface area (Å²) in [5, 5.41) is 0. The molecule has 0 radical (unpaired) electrons. The molecule has 0 aromatic rings. The van der Waals surface area contributed by atoms with Crippen LogP contribution in [0.4, 0.5) is 0 Å². The molecule has 24 heavy (non-hydrogen) atoms. The highest BCUT2D eigenvalue weighted by Gasteiger charge is 2.05. The van der Waals surface area contributed by atoms with Gasteiger partial charge in [-0.25, -0.2) is 0 Å². The van der Waals surface area contributed by atoms with E-state index in [0.717, 1.165) is 5.92 Å². The first-order valence-electron chi connectivity index (χ1n) is 11.5. The van der Waals surface area contributed by atoms with Crippen molar-refractivity contribution in [2.45, 2.75) is 136 Å². The van der Waals surface area contributed by atoms with Crippen LogP contribution in [-0.2, 0) is 0 Å². The van der Waals surface area contributed by atoms with Gasteiger partial charge in [0.25, 0.3) is 0 Å². The molecule has 0 heteroatoms. The van der Waals surface area contributed by atoms with Crippen LogP contribution in [0.2, 0.25) is 0 Å². The molecule has 0 heterocycles. The average Bonchev–Trinajstić information content (AvgIpc) is 2.59. The van der Waals surface area contributed by atoms with Crippen molar-refractivity contribution in [3.05, 3.63) is 12.7 Å². The van der Waals surface area contributed by atoms with Gasteiger partial charge in [-0.1, -0.05) is 135 Å². The van der Waals surface area contributed by atoms with E-state index in [1.165, 1.54) is 122 Å². The molecule has 0 saturated carbocycles. The van der Waals surface area contributed by atoms with Gasteiger partial charge in [-0.05, 0) is 12.3 Å². The summed E-state index contributed by atoms with van der Waals surface area (Å²) in [6, 6.07) is 0. The first kappa shape index (κ1) is 23.7. The van der Waals surface area contributed by atoms with Crippen molar-refractivity contribution in [3.8, 4) is 0 Å². The first-order chi connectivity index (χ1) is 11.8. The predicted octanol–water partition coefficient (Wildman–Crippen LogP) is 9.24. The number of hydrogen-bond acceptors (Lipinski definition) is 0. The second kappa shape index (κ2) is 20.8. The molecule has 0 bridgehead atoms. The van der Waals surface area contributed by atoms with Gasteiger partial charge in [-0.2, -0.15) is 0 Å². The third-order valence-corrected chi connectivity index (χ3v) is 5.43. The van der Waals surface area contributed by atoms with Gasteiger partial charge in [0.15, 0.2) is 0 Å². The summed E-state index contributed by atoms with van der Waals surface area (Å²) < 4.78 is 0. The van der Waals surface area contributed by atoms with Crippen LogP contribution < -0.4 is 0 Å². The van der Waals surface area contributed by atoms with Crippen LogP contribution in [-0.4, -0.2) is 0 Å². The van der Waals surface area contributed by atoms with Gasteiger partial charge in [0.2, 0.25) is 0 Å². The third-order valence-electron chi connectivity index (χ3n) is 5.43. The Morgan fingerprint density at radius 3 is 1.33 bits per heavy atom. The zero-order valence-corrected chi connectivity index (χ0v) is 17.3. The van der Waals surface area contributed by atoms with Crippen molar-refractivity contribution in [1.29, 1.82) is 0 Å². The minimum absolute atomic E-state index is 0.916. The van der Waals surface area contributed by atoms with Gasteiger partial charge in [0.1, 0.15) is 0 Å². The molecule has 0 nitrogen and oxygen atoms in total. The molecule has 144 valence electrons. The van der Waals surface area contributed by atoms with Crippen LogP contribution in [0.1, 0.15) is 136 Å². The van der Waals surface area contributed by atoms with E-state index in [0.29, 0.717) is 0 Å². The van der Waals surface area contributed by atoms with E-state index in [-0.39, 0.29) is 0 Å². The molecule has 0 aliphatic carbocycles. The summed E-state index contributed by atoms with van der Waals surface area (Å²) in [7, 11) is 0. The van der Waals surface area contributed by atoms with Crippen molar-refractivity contribution in [3.63, 3.8) is 0 Å². The molecule has 0 aliphatic rings. The van der Waals surface area contributed by atoms with Gasteiger partial charge in [0, 0.05) is 0 Å². The molecule has 0 saturated heterocycles. The fourth-order valence-corrected chi connectivity index (χ4v) is 3.74. The maximum atomic E-state index is 3.93. The molecule has 0 aliphatic heterocycles. The largest absolute Gasteiger partial charge is 0.103 e. The van der Waals surface area contributed by atoms with E-state index in [2.05, 4.69) is 26.5 Å². The topological polar surface area (TPSA) is 0 Å². The van der Waals surface area contributed by atoms with E-state index in [4.69, 9.17) is 0 Å². The van der Waals surface area contributed by atoms with Gasteiger partial charge in [-0.15, -0.1) is 6.58 Å². The summed E-state index contributed by atoms with van der Waals surface area (Å²) in [6.45, 7) is 8.53. The Kier molecular flexibility index (Phi) is 20.6. The molecule has 0 aromatic carbocycles. The van der Waals surface area contributed by atoms with E-state index in [9.17, 15) is 0 Å². The van der Waals surface area contributed by atoms with Crippen molar-refractivity contribution in [2.24, 2.45) is 5.92 Å². The standard InChI is InChI=1S/C24H48/c1-4-7-9-10-11-12-13-14-15-16-17-18-19-20-23-24(21-6-3)22-8-5-2/h6,24H,3-5,7-23H2,1-2H3. The zero-order chi connectivity index (χ0) is 17.7. The van der Waals surface area contributed by atoms with Crippen LogP contribution >= 0.6 is 0 Å². The molecule has 0 aromatic heterocycles. The van der Waals surface area contributed by atoms with E-state index >= 15 is 0 Å². The SMILES string of the molecule is C=CCC(CCCC)CCCCCCCCCCCCCCCC. The minimum atomic E-state index is 0.916. The van der Waals surface area contributed by atoms with E-state index in [1.807, 2.05) is 0 Å². The lowest BCUT2D eigenvalue weighted by molar-refractivity contribution is 0.413. The highest BCUT2D eigenvalue weighted by atomic mass is 14.1. The summed E-state index contributed by atoms with van der Waals surface area (Å²) in [5.41, 5.74) is 0. The summed E-state index contributed by atoms with van der Waals surface area (Å²) in [6.07, 6.45) is 29.4. The Labute approximate surface area is 154 Å². The Morgan fingerprint density at radius 1 is 0.542 bits per heavy atom. The first-order valence-corrected chi connectivity index (χ1v) is 11.5. The lowest BCUT2D eigenvalue weighted by Crippen LogP contribution is -1.99. The Bertz CT molecular complexity index is 230. The van der Waals surface area contributed by atoms with Gasteiger partial charge in [-0.3, -0.25) is 0 Å². The number of rotatable bonds is 20. The fraction of sp³-hybridized carbons (Fsp3) is 0.917. The molecule has 0 rings (SSSR count). The third kappa shape index (κ3) is 18.1. The summed E-state index contributed by atoms with van der Waals surface area (Å²) in [5.74, 6) is 0.916. The lowest BCUT2D eigenvalue weighted by atomic mass is 9.92.